The number of ether oxygens (including phenoxy) is 2. The second kappa shape index (κ2) is 8.54. The number of nitrogens with one attached hydrogen (secondary N) is 1. The molecule has 0 heterocycles. The lowest BCUT2D eigenvalue weighted by atomic mass is 10.1. The highest BCUT2D eigenvalue weighted by molar-refractivity contribution is 5.69. The van der Waals surface area contributed by atoms with E-state index in [-0.39, 0.29) is 17.2 Å². The molecule has 0 bridgehead atoms. The molecular weight excluding hydrogens is 242 g/mol. The van der Waals surface area contributed by atoms with Gasteiger partial charge in [-0.15, -0.1) is 0 Å². The number of carbonyl (C=O) groups excluding carboxylic acids is 1. The van der Waals surface area contributed by atoms with Crippen LogP contribution in [0, 0.1) is 0 Å². The van der Waals surface area contributed by atoms with Gasteiger partial charge in [0.2, 0.25) is 0 Å². The van der Waals surface area contributed by atoms with Gasteiger partial charge in [0, 0.05) is 20.1 Å². The molecule has 19 heavy (non-hydrogen) atoms. The minimum absolute atomic E-state index is 0.0963. The zero-order chi connectivity index (χ0) is 14.9. The zero-order valence-corrected chi connectivity index (χ0v) is 13.5. The summed E-state index contributed by atoms with van der Waals surface area (Å²) >= 11 is 0. The molecule has 0 radical (unpaired) electrons. The van der Waals surface area contributed by atoms with E-state index >= 15 is 0 Å². The Balaban J connectivity index is 3.44. The van der Waals surface area contributed by atoms with Crippen molar-refractivity contribution in [1.82, 2.24) is 5.32 Å². The molecule has 114 valence electrons. The Bertz CT molecular complexity index is 257. The molecule has 0 aromatic rings. The summed E-state index contributed by atoms with van der Waals surface area (Å²) in [5.41, 5.74) is -0.485. The summed E-state index contributed by atoms with van der Waals surface area (Å²) in [4.78, 5) is 11.5. The smallest absolute Gasteiger partial charge is 0.306 e. The molecule has 0 aromatic carbocycles. The summed E-state index contributed by atoms with van der Waals surface area (Å²) in [7, 11) is 1.72. The Kier molecular flexibility index (Phi) is 8.26. The molecule has 0 aromatic heterocycles. The van der Waals surface area contributed by atoms with Crippen LogP contribution in [0.2, 0.25) is 0 Å². The van der Waals surface area contributed by atoms with Crippen LogP contribution in [-0.2, 0) is 14.3 Å². The minimum Gasteiger partial charge on any atom is -0.460 e. The molecular formula is C15H31NO3. The normalized spacial score (nSPS) is 12.5. The Morgan fingerprint density at radius 1 is 1.05 bits per heavy atom. The quantitative estimate of drug-likeness (QED) is 0.518. The van der Waals surface area contributed by atoms with Gasteiger partial charge in [-0.2, -0.15) is 0 Å². The van der Waals surface area contributed by atoms with Gasteiger partial charge < -0.3 is 14.8 Å². The first-order chi connectivity index (χ1) is 8.66. The molecule has 0 unspecified atom stereocenters. The second-order valence-electron chi connectivity index (χ2n) is 6.54. The van der Waals surface area contributed by atoms with Crippen LogP contribution in [0.3, 0.4) is 0 Å². The summed E-state index contributed by atoms with van der Waals surface area (Å²) in [6.07, 6.45) is 3.52. The summed E-state index contributed by atoms with van der Waals surface area (Å²) in [5, 5.41) is 3.36. The zero-order valence-electron chi connectivity index (χ0n) is 13.5. The van der Waals surface area contributed by atoms with Crippen LogP contribution in [0.15, 0.2) is 0 Å². The lowest BCUT2D eigenvalue weighted by molar-refractivity contribution is -0.154. The highest BCUT2D eigenvalue weighted by Gasteiger charge is 2.16. The fourth-order valence-electron chi connectivity index (χ4n) is 1.55. The van der Waals surface area contributed by atoms with E-state index in [4.69, 9.17) is 9.47 Å². The molecule has 0 aliphatic heterocycles. The molecule has 0 amide bonds. The standard InChI is InChI=1S/C15H31NO3/c1-14(2,3)19-13(17)10-8-7-9-11-16-12-15(4,5)18-6/h16H,7-12H2,1-6H3. The van der Waals surface area contributed by atoms with E-state index in [1.165, 1.54) is 0 Å². The molecule has 0 aliphatic rings. The molecule has 0 rings (SSSR count). The van der Waals surface area contributed by atoms with E-state index in [0.29, 0.717) is 6.42 Å². The van der Waals surface area contributed by atoms with Crippen LogP contribution in [0.5, 0.6) is 0 Å². The van der Waals surface area contributed by atoms with Crippen molar-refractivity contribution in [2.75, 3.05) is 20.2 Å². The molecule has 0 spiro atoms. The molecule has 4 nitrogen and oxygen atoms in total. The Hall–Kier alpha value is -0.610. The maximum atomic E-state index is 11.5. The lowest BCUT2D eigenvalue weighted by Gasteiger charge is -2.23. The first kappa shape index (κ1) is 18.4. The Labute approximate surface area is 118 Å². The summed E-state index contributed by atoms with van der Waals surface area (Å²) in [6.45, 7) is 11.6. The monoisotopic (exact) mass is 273 g/mol. The third-order valence-electron chi connectivity index (χ3n) is 2.76. The number of carbonyl (C=O) groups is 1. The number of hydrogen-bond donors (Lipinski definition) is 1. The third kappa shape index (κ3) is 12.2. The van der Waals surface area contributed by atoms with Gasteiger partial charge in [0.25, 0.3) is 0 Å². The van der Waals surface area contributed by atoms with E-state index < -0.39 is 0 Å². The fourth-order valence-corrected chi connectivity index (χ4v) is 1.55. The predicted molar refractivity (Wildman–Crippen MR) is 78.3 cm³/mol. The molecule has 4 heteroatoms. The summed E-state index contributed by atoms with van der Waals surface area (Å²) < 4.78 is 10.6. The average molecular weight is 273 g/mol. The van der Waals surface area contributed by atoms with E-state index in [0.717, 1.165) is 32.4 Å². The van der Waals surface area contributed by atoms with Gasteiger partial charge in [0.15, 0.2) is 0 Å². The maximum Gasteiger partial charge on any atom is 0.306 e. The van der Waals surface area contributed by atoms with E-state index in [1.807, 2.05) is 20.8 Å². The van der Waals surface area contributed by atoms with Crippen molar-refractivity contribution in [2.45, 2.75) is 71.5 Å². The van der Waals surface area contributed by atoms with Crippen molar-refractivity contribution >= 4 is 5.97 Å². The minimum atomic E-state index is -0.371. The van der Waals surface area contributed by atoms with Crippen molar-refractivity contribution in [3.8, 4) is 0 Å². The molecule has 0 atom stereocenters. The van der Waals surface area contributed by atoms with Crippen LogP contribution in [0.25, 0.3) is 0 Å². The second-order valence-corrected chi connectivity index (χ2v) is 6.54. The van der Waals surface area contributed by atoms with Crippen molar-refractivity contribution in [2.24, 2.45) is 0 Å². The highest BCUT2D eigenvalue weighted by Crippen LogP contribution is 2.10. The number of methoxy groups -OCH3 is 1. The van der Waals surface area contributed by atoms with Gasteiger partial charge in [0.05, 0.1) is 5.60 Å². The van der Waals surface area contributed by atoms with Crippen molar-refractivity contribution < 1.29 is 14.3 Å². The molecule has 0 saturated heterocycles. The number of unbranched alkanes of at least 4 members (excludes halogenated alkanes) is 2. The van der Waals surface area contributed by atoms with Crippen LogP contribution in [0.1, 0.15) is 60.3 Å². The van der Waals surface area contributed by atoms with Crippen LogP contribution in [0.4, 0.5) is 0 Å². The lowest BCUT2D eigenvalue weighted by Crippen LogP contribution is -2.37. The molecule has 1 N–H and O–H groups in total. The third-order valence-corrected chi connectivity index (χ3v) is 2.76. The van der Waals surface area contributed by atoms with Crippen LogP contribution < -0.4 is 5.32 Å². The van der Waals surface area contributed by atoms with E-state index in [2.05, 4.69) is 19.2 Å². The highest BCUT2D eigenvalue weighted by atomic mass is 16.6. The van der Waals surface area contributed by atoms with Gasteiger partial charge in [-0.05, 0) is 54.0 Å². The summed E-state index contributed by atoms with van der Waals surface area (Å²) in [5.74, 6) is -0.0963. The molecule has 0 aliphatic carbocycles. The first-order valence-electron chi connectivity index (χ1n) is 7.14. The van der Waals surface area contributed by atoms with Crippen LogP contribution in [-0.4, -0.2) is 37.4 Å². The van der Waals surface area contributed by atoms with Crippen molar-refractivity contribution in [3.63, 3.8) is 0 Å². The van der Waals surface area contributed by atoms with Crippen LogP contribution >= 0.6 is 0 Å². The van der Waals surface area contributed by atoms with Gasteiger partial charge in [0.1, 0.15) is 5.60 Å². The largest absolute Gasteiger partial charge is 0.460 e. The van der Waals surface area contributed by atoms with E-state index in [1.54, 1.807) is 7.11 Å². The number of rotatable bonds is 9. The fraction of sp³-hybridized carbons (Fsp3) is 0.933. The molecule has 0 fully saturated rings. The van der Waals surface area contributed by atoms with Gasteiger partial charge in [-0.25, -0.2) is 0 Å². The first-order valence-corrected chi connectivity index (χ1v) is 7.14. The van der Waals surface area contributed by atoms with E-state index in [9.17, 15) is 4.79 Å². The SMILES string of the molecule is COC(C)(C)CNCCCCCC(=O)OC(C)(C)C. The Morgan fingerprint density at radius 3 is 2.21 bits per heavy atom. The number of hydrogen-bond acceptors (Lipinski definition) is 4. The topological polar surface area (TPSA) is 47.6 Å². The van der Waals surface area contributed by atoms with Crippen molar-refractivity contribution in [3.05, 3.63) is 0 Å². The number of esters is 1. The van der Waals surface area contributed by atoms with Gasteiger partial charge in [-0.1, -0.05) is 6.42 Å². The van der Waals surface area contributed by atoms with Crippen molar-refractivity contribution in [1.29, 1.82) is 0 Å². The Morgan fingerprint density at radius 2 is 1.68 bits per heavy atom. The average Bonchev–Trinajstić information content (AvgIpc) is 2.25. The maximum absolute atomic E-state index is 11.5. The summed E-state index contributed by atoms with van der Waals surface area (Å²) in [6, 6.07) is 0. The van der Waals surface area contributed by atoms with Gasteiger partial charge in [-0.3, -0.25) is 4.79 Å². The predicted octanol–water partition coefficient (Wildman–Crippen LogP) is 2.90. The molecule has 0 saturated carbocycles. The van der Waals surface area contributed by atoms with Gasteiger partial charge >= 0.3 is 5.97 Å².